The maximum atomic E-state index is 12.0. The Morgan fingerprint density at radius 3 is 2.59 bits per heavy atom. The molecule has 0 amide bonds. The van der Waals surface area contributed by atoms with Crippen molar-refractivity contribution >= 4 is 5.78 Å². The molecule has 0 aromatic rings. The first kappa shape index (κ1) is 21.4. The van der Waals surface area contributed by atoms with E-state index in [9.17, 15) is 4.79 Å². The summed E-state index contributed by atoms with van der Waals surface area (Å²) in [5, 5.41) is 0. The summed E-state index contributed by atoms with van der Waals surface area (Å²) in [6.07, 6.45) is 18.7. The highest BCUT2D eigenvalue weighted by Gasteiger charge is 2.55. The lowest BCUT2D eigenvalue weighted by Crippen LogP contribution is -2.50. The normalized spacial score (nSPS) is 40.5. The molecule has 0 aromatic carbocycles. The van der Waals surface area contributed by atoms with E-state index in [2.05, 4.69) is 40.7 Å². The molecule has 0 spiro atoms. The molecular formula is C28H44O. The number of carbonyl (C=O) groups is 1. The van der Waals surface area contributed by atoms with Crippen molar-refractivity contribution in [2.24, 2.45) is 40.4 Å². The predicted octanol–water partition coefficient (Wildman–Crippen LogP) is 7.91. The number of hydrogen-bond donors (Lipinski definition) is 0. The van der Waals surface area contributed by atoms with E-state index in [1.807, 2.05) is 11.6 Å². The molecule has 29 heavy (non-hydrogen) atoms. The summed E-state index contributed by atoms with van der Waals surface area (Å²) in [6.45, 7) is 12.4. The number of carbonyl (C=O) groups excluding carboxylic acids is 1. The zero-order valence-electron chi connectivity index (χ0n) is 19.7. The van der Waals surface area contributed by atoms with Gasteiger partial charge in [0, 0.05) is 6.42 Å². The third kappa shape index (κ3) is 3.70. The van der Waals surface area contributed by atoms with Crippen LogP contribution in [0.15, 0.2) is 23.3 Å². The summed E-state index contributed by atoms with van der Waals surface area (Å²) < 4.78 is 0. The van der Waals surface area contributed by atoms with Crippen molar-refractivity contribution in [3.8, 4) is 0 Å². The average Bonchev–Trinajstić information content (AvgIpc) is 2.67. The number of ketones is 1. The van der Waals surface area contributed by atoms with Crippen LogP contribution in [0.4, 0.5) is 0 Å². The summed E-state index contributed by atoms with van der Waals surface area (Å²) in [7, 11) is 0. The molecule has 4 aliphatic carbocycles. The predicted molar refractivity (Wildman–Crippen MR) is 123 cm³/mol. The molecule has 1 nitrogen and oxygen atoms in total. The minimum atomic E-state index is 0.259. The van der Waals surface area contributed by atoms with Crippen LogP contribution in [0, 0.1) is 40.4 Å². The van der Waals surface area contributed by atoms with E-state index in [4.69, 9.17) is 0 Å². The lowest BCUT2D eigenvalue weighted by molar-refractivity contribution is -0.116. The molecule has 4 aliphatic rings. The Morgan fingerprint density at radius 1 is 1.03 bits per heavy atom. The topological polar surface area (TPSA) is 17.1 Å². The Labute approximate surface area is 179 Å². The standard InChI is InChI=1S/C28H44O/c1-19(2)8-6-9-20(3)24-10-7-11-25-23-13-12-21-18-22(29)14-16-27(21,4)26(23)15-17-28(24,25)5/h13,18-20,24-26H,6-12,14-17H2,1-5H3/t20?,24-,25?,26?,27+,28-/m1/s1. The smallest absolute Gasteiger partial charge is 0.155 e. The van der Waals surface area contributed by atoms with E-state index in [0.717, 1.165) is 42.9 Å². The lowest BCUT2D eigenvalue weighted by Gasteiger charge is -2.59. The second-order valence-electron chi connectivity index (χ2n) is 12.0. The lowest BCUT2D eigenvalue weighted by atomic mass is 9.45. The zero-order chi connectivity index (χ0) is 20.8. The Morgan fingerprint density at radius 2 is 1.83 bits per heavy atom. The van der Waals surface area contributed by atoms with Crippen LogP contribution >= 0.6 is 0 Å². The van der Waals surface area contributed by atoms with Crippen LogP contribution in [0.3, 0.4) is 0 Å². The molecule has 0 radical (unpaired) electrons. The maximum absolute atomic E-state index is 12.0. The summed E-state index contributed by atoms with van der Waals surface area (Å²) in [4.78, 5) is 12.0. The average molecular weight is 397 g/mol. The molecule has 0 saturated heterocycles. The van der Waals surface area contributed by atoms with Crippen molar-refractivity contribution in [2.45, 2.75) is 105 Å². The molecule has 0 bridgehead atoms. The minimum Gasteiger partial charge on any atom is -0.295 e. The van der Waals surface area contributed by atoms with Gasteiger partial charge in [-0.25, -0.2) is 0 Å². The van der Waals surface area contributed by atoms with Crippen LogP contribution in [0.5, 0.6) is 0 Å². The van der Waals surface area contributed by atoms with Gasteiger partial charge < -0.3 is 0 Å². The Bertz CT molecular complexity index is 697. The molecule has 0 aliphatic heterocycles. The highest BCUT2D eigenvalue weighted by atomic mass is 16.1. The highest BCUT2D eigenvalue weighted by molar-refractivity contribution is 5.91. The van der Waals surface area contributed by atoms with Crippen LogP contribution in [0.2, 0.25) is 0 Å². The van der Waals surface area contributed by atoms with Crippen LogP contribution in [-0.4, -0.2) is 5.78 Å². The van der Waals surface area contributed by atoms with E-state index in [1.165, 1.54) is 56.9 Å². The first-order chi connectivity index (χ1) is 13.8. The van der Waals surface area contributed by atoms with Gasteiger partial charge in [-0.1, -0.05) is 77.5 Å². The van der Waals surface area contributed by atoms with Crippen molar-refractivity contribution in [1.82, 2.24) is 0 Å². The van der Waals surface area contributed by atoms with Gasteiger partial charge in [-0.3, -0.25) is 4.79 Å². The van der Waals surface area contributed by atoms with Gasteiger partial charge in [0.2, 0.25) is 0 Å². The monoisotopic (exact) mass is 396 g/mol. The summed E-state index contributed by atoms with van der Waals surface area (Å²) in [5.41, 5.74) is 4.02. The molecular weight excluding hydrogens is 352 g/mol. The van der Waals surface area contributed by atoms with Crippen LogP contribution in [0.1, 0.15) is 105 Å². The fourth-order valence-electron chi connectivity index (χ4n) is 8.08. The van der Waals surface area contributed by atoms with Gasteiger partial charge in [-0.15, -0.1) is 0 Å². The Hall–Kier alpha value is -0.850. The zero-order valence-corrected chi connectivity index (χ0v) is 19.7. The van der Waals surface area contributed by atoms with Gasteiger partial charge >= 0.3 is 0 Å². The molecule has 2 fully saturated rings. The number of fused-ring (bicyclic) bond motifs is 5. The van der Waals surface area contributed by atoms with Gasteiger partial charge in [-0.2, -0.15) is 0 Å². The van der Waals surface area contributed by atoms with Crippen molar-refractivity contribution < 1.29 is 4.79 Å². The molecule has 6 atom stereocenters. The first-order valence-electron chi connectivity index (χ1n) is 12.7. The first-order valence-corrected chi connectivity index (χ1v) is 12.7. The second kappa shape index (κ2) is 8.01. The van der Waals surface area contributed by atoms with Crippen LogP contribution in [0.25, 0.3) is 0 Å². The van der Waals surface area contributed by atoms with Gasteiger partial charge in [0.05, 0.1) is 0 Å². The molecule has 3 unspecified atom stereocenters. The molecule has 0 aromatic heterocycles. The quantitative estimate of drug-likeness (QED) is 0.431. The van der Waals surface area contributed by atoms with Gasteiger partial charge in [0.25, 0.3) is 0 Å². The highest BCUT2D eigenvalue weighted by Crippen LogP contribution is 2.64. The Balaban J connectivity index is 1.56. The molecule has 4 rings (SSSR count). The number of allylic oxidation sites excluding steroid dienone is 4. The van der Waals surface area contributed by atoms with Gasteiger partial charge in [0.15, 0.2) is 5.78 Å². The molecule has 162 valence electrons. The van der Waals surface area contributed by atoms with Crippen molar-refractivity contribution in [1.29, 1.82) is 0 Å². The molecule has 2 saturated carbocycles. The van der Waals surface area contributed by atoms with E-state index in [1.54, 1.807) is 0 Å². The van der Waals surface area contributed by atoms with E-state index >= 15 is 0 Å². The van der Waals surface area contributed by atoms with E-state index < -0.39 is 0 Å². The molecule has 0 heterocycles. The summed E-state index contributed by atoms with van der Waals surface area (Å²) in [6, 6.07) is 0. The largest absolute Gasteiger partial charge is 0.295 e. The van der Waals surface area contributed by atoms with Crippen molar-refractivity contribution in [3.63, 3.8) is 0 Å². The molecule has 0 N–H and O–H groups in total. The fourth-order valence-corrected chi connectivity index (χ4v) is 8.08. The fraction of sp³-hybridized carbons (Fsp3) is 0.821. The maximum Gasteiger partial charge on any atom is 0.155 e. The van der Waals surface area contributed by atoms with Crippen LogP contribution in [-0.2, 0) is 4.79 Å². The van der Waals surface area contributed by atoms with E-state index in [-0.39, 0.29) is 5.41 Å². The minimum absolute atomic E-state index is 0.259. The molecule has 1 heteroatoms. The number of hydrogen-bond acceptors (Lipinski definition) is 1. The van der Waals surface area contributed by atoms with Crippen LogP contribution < -0.4 is 0 Å². The van der Waals surface area contributed by atoms with Gasteiger partial charge in [-0.05, 0) is 85.0 Å². The van der Waals surface area contributed by atoms with Crippen molar-refractivity contribution in [2.75, 3.05) is 0 Å². The SMILES string of the molecule is CC(C)CCCC(C)[C@H]1CCCC2C3=CCC4=CC(=O)CC[C@]4(C)C3CC[C@@]21C. The number of rotatable bonds is 5. The third-order valence-electron chi connectivity index (χ3n) is 9.84. The van der Waals surface area contributed by atoms with E-state index in [0.29, 0.717) is 17.1 Å². The summed E-state index contributed by atoms with van der Waals surface area (Å²) >= 11 is 0. The van der Waals surface area contributed by atoms with Gasteiger partial charge in [0.1, 0.15) is 0 Å². The Kier molecular flexibility index (Phi) is 5.91. The third-order valence-corrected chi connectivity index (χ3v) is 9.84. The summed E-state index contributed by atoms with van der Waals surface area (Å²) in [5.74, 6) is 4.45. The van der Waals surface area contributed by atoms with Crippen molar-refractivity contribution in [3.05, 3.63) is 23.3 Å². The second-order valence-corrected chi connectivity index (χ2v) is 12.0.